The van der Waals surface area contributed by atoms with E-state index < -0.39 is 9.84 Å². The summed E-state index contributed by atoms with van der Waals surface area (Å²) < 4.78 is 27.2. The maximum absolute atomic E-state index is 11.2. The van der Waals surface area contributed by atoms with Crippen molar-refractivity contribution < 1.29 is 12.9 Å². The van der Waals surface area contributed by atoms with Crippen LogP contribution in [0.2, 0.25) is 0 Å². The van der Waals surface area contributed by atoms with Gasteiger partial charge in [-0.3, -0.25) is 0 Å². The highest BCUT2D eigenvalue weighted by atomic mass is 32.2. The molecule has 2 heterocycles. The Kier molecular flexibility index (Phi) is 2.44. The van der Waals surface area contributed by atoms with Crippen molar-refractivity contribution in [3.63, 3.8) is 0 Å². The summed E-state index contributed by atoms with van der Waals surface area (Å²) in [5, 5.41) is 12.1. The molecule has 0 bridgehead atoms. The lowest BCUT2D eigenvalue weighted by Gasteiger charge is -1.97. The van der Waals surface area contributed by atoms with Crippen LogP contribution < -0.4 is 0 Å². The summed E-state index contributed by atoms with van der Waals surface area (Å²) in [7, 11) is -2.93. The zero-order chi connectivity index (χ0) is 10.9. The molecule has 0 aliphatic carbocycles. The van der Waals surface area contributed by atoms with Gasteiger partial charge < -0.3 is 4.52 Å². The molecular formula is C8H9N3O3S. The fourth-order valence-electron chi connectivity index (χ4n) is 1.57. The molecule has 1 aliphatic rings. The van der Waals surface area contributed by atoms with E-state index in [0.29, 0.717) is 12.2 Å². The smallest absolute Gasteiger partial charge is 0.240 e. The van der Waals surface area contributed by atoms with Crippen molar-refractivity contribution >= 4 is 9.84 Å². The number of sulfone groups is 1. The lowest BCUT2D eigenvalue weighted by Crippen LogP contribution is -2.05. The predicted molar refractivity (Wildman–Crippen MR) is 49.6 cm³/mol. The van der Waals surface area contributed by atoms with Crippen LogP contribution in [-0.2, 0) is 16.3 Å². The van der Waals surface area contributed by atoms with Crippen molar-refractivity contribution in [2.75, 3.05) is 11.5 Å². The summed E-state index contributed by atoms with van der Waals surface area (Å²) in [6, 6.07) is 1.89. The van der Waals surface area contributed by atoms with E-state index in [-0.39, 0.29) is 29.7 Å². The Morgan fingerprint density at radius 3 is 3.00 bits per heavy atom. The van der Waals surface area contributed by atoms with Gasteiger partial charge in [-0.2, -0.15) is 10.2 Å². The van der Waals surface area contributed by atoms with Crippen LogP contribution in [-0.4, -0.2) is 30.1 Å². The second kappa shape index (κ2) is 3.62. The normalized spacial score (nSPS) is 23.8. The molecule has 0 N–H and O–H groups in total. The topological polar surface area (TPSA) is 96.8 Å². The number of nitriles is 1. The van der Waals surface area contributed by atoms with E-state index in [9.17, 15) is 8.42 Å². The minimum absolute atomic E-state index is 0.0620. The van der Waals surface area contributed by atoms with Gasteiger partial charge in [-0.25, -0.2) is 8.42 Å². The van der Waals surface area contributed by atoms with Crippen LogP contribution in [0.3, 0.4) is 0 Å². The molecule has 1 unspecified atom stereocenters. The molecule has 7 heteroatoms. The monoisotopic (exact) mass is 227 g/mol. The second-order valence-corrected chi connectivity index (χ2v) is 5.71. The van der Waals surface area contributed by atoms with E-state index in [1.165, 1.54) is 0 Å². The Bertz CT molecular complexity index is 499. The van der Waals surface area contributed by atoms with Gasteiger partial charge in [-0.15, -0.1) is 0 Å². The molecule has 0 radical (unpaired) electrons. The summed E-state index contributed by atoms with van der Waals surface area (Å²) in [5.41, 5.74) is 0. The molecule has 1 aromatic rings. The van der Waals surface area contributed by atoms with Crippen molar-refractivity contribution in [2.24, 2.45) is 0 Å². The van der Waals surface area contributed by atoms with Crippen molar-refractivity contribution in [1.82, 2.24) is 10.1 Å². The van der Waals surface area contributed by atoms with Gasteiger partial charge in [0.1, 0.15) is 6.42 Å². The Hall–Kier alpha value is -1.42. The highest BCUT2D eigenvalue weighted by molar-refractivity contribution is 7.91. The van der Waals surface area contributed by atoms with E-state index in [4.69, 9.17) is 9.78 Å². The number of aromatic nitrogens is 2. The minimum atomic E-state index is -2.93. The zero-order valence-electron chi connectivity index (χ0n) is 7.88. The molecule has 1 saturated heterocycles. The van der Waals surface area contributed by atoms with E-state index in [1.807, 2.05) is 6.07 Å². The average molecular weight is 227 g/mol. The number of nitrogens with zero attached hydrogens (tertiary/aromatic N) is 3. The van der Waals surface area contributed by atoms with Crippen LogP contribution in [0, 0.1) is 11.3 Å². The van der Waals surface area contributed by atoms with Crippen LogP contribution in [0.4, 0.5) is 0 Å². The Labute approximate surface area is 86.8 Å². The average Bonchev–Trinajstić information content (AvgIpc) is 2.73. The Morgan fingerprint density at radius 2 is 2.40 bits per heavy atom. The lowest BCUT2D eigenvalue weighted by molar-refractivity contribution is 0.378. The molecule has 1 atom stereocenters. The van der Waals surface area contributed by atoms with Gasteiger partial charge in [-0.05, 0) is 6.42 Å². The van der Waals surface area contributed by atoms with Gasteiger partial charge in [0.15, 0.2) is 15.7 Å². The largest absolute Gasteiger partial charge is 0.338 e. The van der Waals surface area contributed by atoms with E-state index in [2.05, 4.69) is 10.1 Å². The van der Waals surface area contributed by atoms with Crippen LogP contribution in [0.15, 0.2) is 4.52 Å². The first-order chi connectivity index (χ1) is 7.11. The SMILES string of the molecule is N#CCc1nc(C2CCS(=O)(=O)C2)no1. The maximum atomic E-state index is 11.2. The van der Waals surface area contributed by atoms with Crippen LogP contribution in [0.1, 0.15) is 24.1 Å². The summed E-state index contributed by atoms with van der Waals surface area (Å²) in [6.07, 6.45) is 0.598. The molecule has 15 heavy (non-hydrogen) atoms. The molecule has 0 saturated carbocycles. The summed E-state index contributed by atoms with van der Waals surface area (Å²) in [6.45, 7) is 0. The zero-order valence-corrected chi connectivity index (χ0v) is 8.70. The van der Waals surface area contributed by atoms with E-state index in [1.54, 1.807) is 0 Å². The molecule has 6 nitrogen and oxygen atoms in total. The molecule has 1 fully saturated rings. The highest BCUT2D eigenvalue weighted by Crippen LogP contribution is 2.26. The molecule has 0 aromatic carbocycles. The molecule has 2 rings (SSSR count). The van der Waals surface area contributed by atoms with Crippen LogP contribution >= 0.6 is 0 Å². The highest BCUT2D eigenvalue weighted by Gasteiger charge is 2.32. The third-order valence-electron chi connectivity index (χ3n) is 2.31. The van der Waals surface area contributed by atoms with Gasteiger partial charge in [0.25, 0.3) is 0 Å². The molecule has 1 aromatic heterocycles. The molecular weight excluding hydrogens is 218 g/mol. The molecule has 1 aliphatic heterocycles. The van der Waals surface area contributed by atoms with Crippen molar-refractivity contribution in [3.05, 3.63) is 11.7 Å². The third-order valence-corrected chi connectivity index (χ3v) is 4.08. The summed E-state index contributed by atoms with van der Waals surface area (Å²) in [5.74, 6) is 0.738. The van der Waals surface area contributed by atoms with Gasteiger partial charge in [0, 0.05) is 5.92 Å². The van der Waals surface area contributed by atoms with Crippen molar-refractivity contribution in [1.29, 1.82) is 5.26 Å². The molecule has 0 amide bonds. The minimum Gasteiger partial charge on any atom is -0.338 e. The Balaban J connectivity index is 2.15. The van der Waals surface area contributed by atoms with Crippen LogP contribution in [0.5, 0.6) is 0 Å². The van der Waals surface area contributed by atoms with Crippen LogP contribution in [0.25, 0.3) is 0 Å². The summed E-state index contributed by atoms with van der Waals surface area (Å²) in [4.78, 5) is 3.98. The van der Waals surface area contributed by atoms with Gasteiger partial charge in [0.2, 0.25) is 5.89 Å². The first-order valence-corrected chi connectivity index (χ1v) is 6.33. The standard InChI is InChI=1S/C8H9N3O3S/c9-3-1-7-10-8(11-14-7)6-2-4-15(12,13)5-6/h6H,1-2,4-5H2. The molecule has 0 spiro atoms. The predicted octanol–water partition coefficient (Wildman–Crippen LogP) is 0.0378. The third kappa shape index (κ3) is 2.15. The van der Waals surface area contributed by atoms with Gasteiger partial charge >= 0.3 is 0 Å². The lowest BCUT2D eigenvalue weighted by atomic mass is 10.1. The van der Waals surface area contributed by atoms with E-state index in [0.717, 1.165) is 0 Å². The van der Waals surface area contributed by atoms with Gasteiger partial charge in [-0.1, -0.05) is 5.16 Å². The van der Waals surface area contributed by atoms with Crippen molar-refractivity contribution in [2.45, 2.75) is 18.8 Å². The summed E-state index contributed by atoms with van der Waals surface area (Å²) >= 11 is 0. The quantitative estimate of drug-likeness (QED) is 0.707. The van der Waals surface area contributed by atoms with Gasteiger partial charge in [0.05, 0.1) is 17.6 Å². The maximum Gasteiger partial charge on any atom is 0.240 e. The first-order valence-electron chi connectivity index (χ1n) is 4.50. The number of hydrogen-bond donors (Lipinski definition) is 0. The molecule has 80 valence electrons. The first kappa shape index (κ1) is 10.1. The Morgan fingerprint density at radius 1 is 1.60 bits per heavy atom. The van der Waals surface area contributed by atoms with E-state index >= 15 is 0 Å². The number of rotatable bonds is 2. The second-order valence-electron chi connectivity index (χ2n) is 3.48. The number of hydrogen-bond acceptors (Lipinski definition) is 6. The van der Waals surface area contributed by atoms with Crippen molar-refractivity contribution in [3.8, 4) is 6.07 Å². The fraction of sp³-hybridized carbons (Fsp3) is 0.625. The fourth-order valence-corrected chi connectivity index (χ4v) is 3.31.